The van der Waals surface area contributed by atoms with Crippen molar-refractivity contribution in [1.29, 1.82) is 0 Å². The van der Waals surface area contributed by atoms with Gasteiger partial charge in [-0.05, 0) is 30.5 Å². The van der Waals surface area contributed by atoms with Crippen LogP contribution in [-0.4, -0.2) is 12.3 Å². The van der Waals surface area contributed by atoms with Crippen molar-refractivity contribution in [3.63, 3.8) is 0 Å². The summed E-state index contributed by atoms with van der Waals surface area (Å²) in [4.78, 5) is 0. The number of nitrogens with zero attached hydrogens (tertiary/aromatic N) is 1. The molecule has 2 aromatic rings. The predicted molar refractivity (Wildman–Crippen MR) is 85.5 cm³/mol. The van der Waals surface area contributed by atoms with Crippen molar-refractivity contribution >= 4 is 5.88 Å². The van der Waals surface area contributed by atoms with Gasteiger partial charge in [-0.3, -0.25) is 0 Å². The van der Waals surface area contributed by atoms with Crippen molar-refractivity contribution in [2.45, 2.75) is 45.4 Å². The maximum absolute atomic E-state index is 6.03. The Morgan fingerprint density at radius 3 is 2.57 bits per heavy atom. The van der Waals surface area contributed by atoms with Gasteiger partial charge in [0.1, 0.15) is 5.75 Å². The Labute approximate surface area is 126 Å². The van der Waals surface area contributed by atoms with E-state index >= 15 is 0 Å². The number of benzene rings is 1. The number of nitrogens with two attached hydrogens (primary N) is 1. The maximum atomic E-state index is 6.03. The maximum Gasteiger partial charge on any atom is 0.230 e. The van der Waals surface area contributed by atoms with Gasteiger partial charge >= 0.3 is 0 Å². The molecular weight excluding hydrogens is 264 g/mol. The lowest BCUT2D eigenvalue weighted by atomic mass is 9.90. The third-order valence-electron chi connectivity index (χ3n) is 3.76. The van der Waals surface area contributed by atoms with Crippen LogP contribution in [0.15, 0.2) is 28.8 Å². The Morgan fingerprint density at radius 1 is 1.24 bits per heavy atom. The zero-order valence-electron chi connectivity index (χ0n) is 13.1. The smallest absolute Gasteiger partial charge is 0.230 e. The van der Waals surface area contributed by atoms with Crippen LogP contribution in [0.5, 0.6) is 5.75 Å². The average molecular weight is 288 g/mol. The second-order valence-electron chi connectivity index (χ2n) is 5.31. The molecule has 0 aliphatic carbocycles. The number of hydrogen-bond acceptors (Lipinski definition) is 4. The third-order valence-corrected chi connectivity index (χ3v) is 3.76. The lowest BCUT2D eigenvalue weighted by Crippen LogP contribution is -2.01. The molecule has 1 aromatic carbocycles. The Hall–Kier alpha value is -1.97. The van der Waals surface area contributed by atoms with Gasteiger partial charge in [0.15, 0.2) is 0 Å². The number of hydrogen-bond donors (Lipinski definition) is 1. The van der Waals surface area contributed by atoms with Gasteiger partial charge in [0.05, 0.1) is 18.4 Å². The summed E-state index contributed by atoms with van der Waals surface area (Å²) in [6.07, 6.45) is 4.43. The molecule has 0 saturated heterocycles. The molecule has 0 radical (unpaired) electrons. The largest absolute Gasteiger partial charge is 0.497 e. The predicted octanol–water partition coefficient (Wildman–Crippen LogP) is 4.62. The summed E-state index contributed by atoms with van der Waals surface area (Å²) in [6.45, 7) is 4.38. The zero-order chi connectivity index (χ0) is 15.2. The number of ether oxygens (including phenoxy) is 1. The van der Waals surface area contributed by atoms with Crippen molar-refractivity contribution in [1.82, 2.24) is 5.16 Å². The quantitative estimate of drug-likeness (QED) is 0.807. The van der Waals surface area contributed by atoms with Crippen LogP contribution in [0.1, 0.15) is 51.1 Å². The van der Waals surface area contributed by atoms with E-state index in [9.17, 15) is 0 Å². The number of nitrogen functional groups attached to an aromatic ring is 1. The molecule has 0 bridgehead atoms. The van der Waals surface area contributed by atoms with Gasteiger partial charge in [-0.25, -0.2) is 0 Å². The number of rotatable bonds is 7. The van der Waals surface area contributed by atoms with Crippen molar-refractivity contribution in [2.24, 2.45) is 0 Å². The van der Waals surface area contributed by atoms with Crippen molar-refractivity contribution in [3.05, 3.63) is 30.0 Å². The molecule has 114 valence electrons. The monoisotopic (exact) mass is 288 g/mol. The second-order valence-corrected chi connectivity index (χ2v) is 5.31. The van der Waals surface area contributed by atoms with Gasteiger partial charge in [-0.2, -0.15) is 0 Å². The lowest BCUT2D eigenvalue weighted by Gasteiger charge is -2.14. The van der Waals surface area contributed by atoms with E-state index in [1.165, 1.54) is 0 Å². The molecule has 4 nitrogen and oxygen atoms in total. The lowest BCUT2D eigenvalue weighted by molar-refractivity contribution is 0.411. The molecular formula is C17H24N2O2. The summed E-state index contributed by atoms with van der Waals surface area (Å²) >= 11 is 0. The van der Waals surface area contributed by atoms with E-state index in [1.54, 1.807) is 7.11 Å². The molecule has 0 aliphatic rings. The van der Waals surface area contributed by atoms with Crippen LogP contribution < -0.4 is 10.5 Å². The first kappa shape index (κ1) is 15.4. The highest BCUT2D eigenvalue weighted by Crippen LogP contribution is 2.38. The molecule has 0 spiro atoms. The zero-order valence-corrected chi connectivity index (χ0v) is 13.1. The van der Waals surface area contributed by atoms with Crippen molar-refractivity contribution in [2.75, 3.05) is 12.8 Å². The van der Waals surface area contributed by atoms with Gasteiger partial charge in [0.2, 0.25) is 5.88 Å². The highest BCUT2D eigenvalue weighted by molar-refractivity contribution is 5.76. The molecule has 1 aromatic heterocycles. The van der Waals surface area contributed by atoms with E-state index in [2.05, 4.69) is 19.0 Å². The SMILES string of the molecule is CCCC(CCC)c1noc(N)c1-c1cccc(OC)c1. The molecule has 2 rings (SSSR count). The van der Waals surface area contributed by atoms with Crippen LogP contribution in [0.4, 0.5) is 5.88 Å². The van der Waals surface area contributed by atoms with Crippen LogP contribution in [0.3, 0.4) is 0 Å². The van der Waals surface area contributed by atoms with E-state index in [0.29, 0.717) is 11.8 Å². The fourth-order valence-electron chi connectivity index (χ4n) is 2.78. The van der Waals surface area contributed by atoms with E-state index in [4.69, 9.17) is 15.0 Å². The first-order chi connectivity index (χ1) is 10.2. The first-order valence-electron chi connectivity index (χ1n) is 7.60. The van der Waals surface area contributed by atoms with Crippen LogP contribution in [-0.2, 0) is 0 Å². The summed E-state index contributed by atoms with van der Waals surface area (Å²) in [5.41, 5.74) is 8.92. The van der Waals surface area contributed by atoms with Crippen LogP contribution >= 0.6 is 0 Å². The van der Waals surface area contributed by atoms with Gasteiger partial charge in [0.25, 0.3) is 0 Å². The molecule has 0 unspecified atom stereocenters. The molecule has 21 heavy (non-hydrogen) atoms. The summed E-state index contributed by atoms with van der Waals surface area (Å²) in [7, 11) is 1.66. The Bertz CT molecular complexity index is 572. The Morgan fingerprint density at radius 2 is 1.95 bits per heavy atom. The van der Waals surface area contributed by atoms with E-state index in [-0.39, 0.29) is 0 Å². The molecule has 0 saturated carbocycles. The highest BCUT2D eigenvalue weighted by atomic mass is 16.5. The molecule has 0 aliphatic heterocycles. The molecule has 1 heterocycles. The first-order valence-corrected chi connectivity index (χ1v) is 7.60. The minimum atomic E-state index is 0.385. The van der Waals surface area contributed by atoms with E-state index in [1.807, 2.05) is 24.3 Å². The summed E-state index contributed by atoms with van der Waals surface area (Å²) < 4.78 is 10.6. The summed E-state index contributed by atoms with van der Waals surface area (Å²) in [5, 5.41) is 4.24. The Kier molecular flexibility index (Phi) is 5.26. The molecule has 2 N–H and O–H groups in total. The number of methoxy groups -OCH3 is 1. The fraction of sp³-hybridized carbons (Fsp3) is 0.471. The van der Waals surface area contributed by atoms with Gasteiger partial charge in [0, 0.05) is 5.92 Å². The van der Waals surface area contributed by atoms with Gasteiger partial charge in [-0.1, -0.05) is 44.0 Å². The minimum absolute atomic E-state index is 0.385. The van der Waals surface area contributed by atoms with Crippen LogP contribution in [0.2, 0.25) is 0 Å². The summed E-state index contributed by atoms with van der Waals surface area (Å²) in [6, 6.07) is 7.87. The van der Waals surface area contributed by atoms with E-state index in [0.717, 1.165) is 48.3 Å². The van der Waals surface area contributed by atoms with E-state index < -0.39 is 0 Å². The summed E-state index contributed by atoms with van der Waals surface area (Å²) in [5.74, 6) is 1.58. The molecule has 0 amide bonds. The Balaban J connectivity index is 2.45. The number of aromatic nitrogens is 1. The molecule has 0 fully saturated rings. The van der Waals surface area contributed by atoms with Crippen LogP contribution in [0.25, 0.3) is 11.1 Å². The van der Waals surface area contributed by atoms with Crippen molar-refractivity contribution < 1.29 is 9.26 Å². The minimum Gasteiger partial charge on any atom is -0.497 e. The topological polar surface area (TPSA) is 61.3 Å². The highest BCUT2D eigenvalue weighted by Gasteiger charge is 2.23. The average Bonchev–Trinajstić information content (AvgIpc) is 2.89. The normalized spacial score (nSPS) is 11.0. The molecule has 0 atom stereocenters. The molecule has 4 heteroatoms. The standard InChI is InChI=1S/C17H24N2O2/c1-4-7-12(8-5-2)16-15(17(18)21-19-16)13-9-6-10-14(11-13)20-3/h6,9-12H,4-5,7-8,18H2,1-3H3. The van der Waals surface area contributed by atoms with Gasteiger partial charge < -0.3 is 15.0 Å². The fourth-order valence-corrected chi connectivity index (χ4v) is 2.78. The second kappa shape index (κ2) is 7.16. The van der Waals surface area contributed by atoms with Crippen molar-refractivity contribution in [3.8, 4) is 16.9 Å². The van der Waals surface area contributed by atoms with Gasteiger partial charge in [-0.15, -0.1) is 0 Å². The van der Waals surface area contributed by atoms with Crippen LogP contribution in [0, 0.1) is 0 Å². The third kappa shape index (κ3) is 3.38. The number of anilines is 1.